The first kappa shape index (κ1) is 18.7. The van der Waals surface area contributed by atoms with E-state index in [0.717, 1.165) is 6.07 Å². The monoisotopic (exact) mass is 302 g/mol. The van der Waals surface area contributed by atoms with Crippen LogP contribution in [0.15, 0.2) is 23.1 Å². The van der Waals surface area contributed by atoms with Crippen LogP contribution in [0.4, 0.5) is 0 Å². The third-order valence-electron chi connectivity index (χ3n) is 1.90. The first-order valence-corrected chi connectivity index (χ1v) is 6.52. The summed E-state index contributed by atoms with van der Waals surface area (Å²) in [6.45, 7) is -0.598. The van der Waals surface area contributed by atoms with Gasteiger partial charge in [0.2, 0.25) is 0 Å². The van der Waals surface area contributed by atoms with Crippen molar-refractivity contribution < 1.29 is 32.7 Å². The summed E-state index contributed by atoms with van der Waals surface area (Å²) >= 11 is 0. The van der Waals surface area contributed by atoms with E-state index in [1.54, 1.807) is 0 Å². The van der Waals surface area contributed by atoms with Gasteiger partial charge in [-0.05, 0) is 12.1 Å². The molecule has 0 fully saturated rings. The van der Waals surface area contributed by atoms with E-state index in [1.807, 2.05) is 0 Å². The second kappa shape index (κ2) is 8.75. The average molecular weight is 302 g/mol. The van der Waals surface area contributed by atoms with Gasteiger partial charge in [-0.3, -0.25) is 4.55 Å². The first-order valence-electron chi connectivity index (χ1n) is 5.08. The van der Waals surface area contributed by atoms with Crippen LogP contribution >= 0.6 is 0 Å². The van der Waals surface area contributed by atoms with E-state index in [2.05, 4.69) is 0 Å². The number of hydrogen-bond acceptors (Lipinski definition) is 6. The Kier molecular flexibility index (Phi) is 8.59. The molecule has 3 N–H and O–H groups in total. The second-order valence-electron chi connectivity index (χ2n) is 3.23. The zero-order valence-corrected chi connectivity index (χ0v) is 10.3. The second-order valence-corrected chi connectivity index (χ2v) is 4.62. The molecule has 0 aliphatic carbocycles. The molecule has 0 bridgehead atoms. The standard InChI is InChI=1S/C10H14O7S.Na.H/c11-3-5-16-8-1-2-9(17-6-4-12)10(7-8)18(13,14)15;;/h1-2,7,11-12H,3-6H2,(H,13,14,15);;. The van der Waals surface area contributed by atoms with Crippen LogP contribution < -0.4 is 9.47 Å². The van der Waals surface area contributed by atoms with Gasteiger partial charge in [0.15, 0.2) is 0 Å². The van der Waals surface area contributed by atoms with Crippen molar-refractivity contribution in [2.45, 2.75) is 4.90 Å². The third kappa shape index (κ3) is 6.09. The van der Waals surface area contributed by atoms with Gasteiger partial charge in [-0.15, -0.1) is 0 Å². The Labute approximate surface area is 133 Å². The first-order chi connectivity index (χ1) is 8.49. The fourth-order valence-electron chi connectivity index (χ4n) is 1.22. The molecule has 0 aliphatic heterocycles. The molecule has 0 aliphatic rings. The molecule has 0 atom stereocenters. The van der Waals surface area contributed by atoms with E-state index in [0.29, 0.717) is 0 Å². The van der Waals surface area contributed by atoms with E-state index in [4.69, 9.17) is 24.2 Å². The Morgan fingerprint density at radius 1 is 1.05 bits per heavy atom. The van der Waals surface area contributed by atoms with Crippen LogP contribution in [0, 0.1) is 0 Å². The predicted molar refractivity (Wildman–Crippen MR) is 68.6 cm³/mol. The molecule has 1 rings (SSSR count). The third-order valence-corrected chi connectivity index (χ3v) is 2.78. The van der Waals surface area contributed by atoms with Gasteiger partial charge in [-0.25, -0.2) is 0 Å². The summed E-state index contributed by atoms with van der Waals surface area (Å²) in [7, 11) is -4.46. The van der Waals surface area contributed by atoms with E-state index in [-0.39, 0.29) is 67.5 Å². The van der Waals surface area contributed by atoms with Crippen molar-refractivity contribution >= 4 is 39.7 Å². The molecular weight excluding hydrogens is 287 g/mol. The zero-order chi connectivity index (χ0) is 13.6. The van der Waals surface area contributed by atoms with Crippen LogP contribution in [0.3, 0.4) is 0 Å². The van der Waals surface area contributed by atoms with E-state index < -0.39 is 15.0 Å². The molecule has 1 aromatic rings. The summed E-state index contributed by atoms with van der Waals surface area (Å²) in [6.07, 6.45) is 0. The number of aliphatic hydroxyl groups excluding tert-OH is 2. The summed E-state index contributed by atoms with van der Waals surface area (Å²) < 4.78 is 41.3. The fourth-order valence-corrected chi connectivity index (χ4v) is 1.86. The van der Waals surface area contributed by atoms with E-state index >= 15 is 0 Å². The van der Waals surface area contributed by atoms with Crippen LogP contribution in [-0.2, 0) is 10.1 Å². The van der Waals surface area contributed by atoms with E-state index in [9.17, 15) is 8.42 Å². The van der Waals surface area contributed by atoms with Crippen molar-refractivity contribution in [2.75, 3.05) is 26.4 Å². The number of rotatable bonds is 7. The Balaban J connectivity index is 0.00000324. The molecule has 0 saturated carbocycles. The fraction of sp³-hybridized carbons (Fsp3) is 0.400. The number of benzene rings is 1. The van der Waals surface area contributed by atoms with Crippen LogP contribution in [0.1, 0.15) is 0 Å². The van der Waals surface area contributed by atoms with Crippen LogP contribution in [0.5, 0.6) is 11.5 Å². The maximum atomic E-state index is 11.2. The van der Waals surface area contributed by atoms with E-state index in [1.165, 1.54) is 12.1 Å². The van der Waals surface area contributed by atoms with Gasteiger partial charge in [0.05, 0.1) is 13.2 Å². The van der Waals surface area contributed by atoms with Crippen molar-refractivity contribution in [3.8, 4) is 11.5 Å². The van der Waals surface area contributed by atoms with Gasteiger partial charge in [0.25, 0.3) is 10.1 Å². The van der Waals surface area contributed by atoms with Gasteiger partial charge < -0.3 is 19.7 Å². The zero-order valence-electron chi connectivity index (χ0n) is 9.44. The number of aliphatic hydroxyl groups is 2. The summed E-state index contributed by atoms with van der Waals surface area (Å²) in [5.41, 5.74) is 0. The van der Waals surface area contributed by atoms with Crippen LogP contribution in [-0.4, -0.2) is 79.2 Å². The number of hydrogen-bond donors (Lipinski definition) is 3. The molecule has 9 heteroatoms. The van der Waals surface area contributed by atoms with Crippen molar-refractivity contribution in [1.29, 1.82) is 0 Å². The summed E-state index contributed by atoms with van der Waals surface area (Å²) in [5, 5.41) is 17.2. The summed E-state index contributed by atoms with van der Waals surface area (Å²) in [4.78, 5) is -0.452. The molecule has 104 valence electrons. The SMILES string of the molecule is O=S(=O)(O)c1cc(OCCO)ccc1OCCO.[NaH]. The normalized spacial score (nSPS) is 10.7. The van der Waals surface area contributed by atoms with Crippen LogP contribution in [0.2, 0.25) is 0 Å². The van der Waals surface area contributed by atoms with Gasteiger partial charge in [-0.2, -0.15) is 8.42 Å². The molecule has 0 spiro atoms. The molecule has 0 radical (unpaired) electrons. The van der Waals surface area contributed by atoms with Crippen LogP contribution in [0.25, 0.3) is 0 Å². The molecule has 0 saturated heterocycles. The topological polar surface area (TPSA) is 113 Å². The summed E-state index contributed by atoms with van der Waals surface area (Å²) in [6, 6.07) is 3.81. The Bertz CT molecular complexity index is 489. The molecule has 0 heterocycles. The predicted octanol–water partition coefficient (Wildman–Crippen LogP) is -0.973. The van der Waals surface area contributed by atoms with Crippen molar-refractivity contribution in [2.24, 2.45) is 0 Å². The van der Waals surface area contributed by atoms with Gasteiger partial charge in [0.1, 0.15) is 29.6 Å². The van der Waals surface area contributed by atoms with Gasteiger partial charge >= 0.3 is 29.6 Å². The Morgan fingerprint density at radius 3 is 2.16 bits per heavy atom. The van der Waals surface area contributed by atoms with Crippen molar-refractivity contribution in [3.05, 3.63) is 18.2 Å². The maximum absolute atomic E-state index is 11.2. The molecule has 0 aromatic heterocycles. The number of ether oxygens (including phenoxy) is 2. The molecule has 0 amide bonds. The minimum atomic E-state index is -4.46. The van der Waals surface area contributed by atoms with Crippen molar-refractivity contribution in [1.82, 2.24) is 0 Å². The van der Waals surface area contributed by atoms with Gasteiger partial charge in [-0.1, -0.05) is 0 Å². The summed E-state index contributed by atoms with van der Waals surface area (Å²) in [5.74, 6) is 0.0934. The molecular formula is C10H15NaO7S. The quantitative estimate of drug-likeness (QED) is 0.438. The Hall–Kier alpha value is -0.350. The minimum absolute atomic E-state index is 0. The molecule has 7 nitrogen and oxygen atoms in total. The molecule has 19 heavy (non-hydrogen) atoms. The molecule has 0 unspecified atom stereocenters. The molecule has 1 aromatic carbocycles. The van der Waals surface area contributed by atoms with Gasteiger partial charge in [0, 0.05) is 6.07 Å². The Morgan fingerprint density at radius 2 is 1.63 bits per heavy atom. The average Bonchev–Trinajstić information content (AvgIpc) is 2.33. The van der Waals surface area contributed by atoms with Crippen molar-refractivity contribution in [3.63, 3.8) is 0 Å².